The highest BCUT2D eigenvalue weighted by atomic mass is 32.2. The van der Waals surface area contributed by atoms with Gasteiger partial charge in [0.25, 0.3) is 0 Å². The van der Waals surface area contributed by atoms with Gasteiger partial charge in [-0.15, -0.1) is 0 Å². The number of nitrogens with one attached hydrogen (secondary N) is 1. The number of thioether (sulfide) groups is 1. The molecule has 3 atom stereocenters. The number of methoxy groups -OCH3 is 1. The number of carbonyl (C=O) groups excluding carboxylic acids is 1. The van der Waals surface area contributed by atoms with Crippen molar-refractivity contribution >= 4 is 41.0 Å². The van der Waals surface area contributed by atoms with Crippen molar-refractivity contribution in [2.24, 2.45) is 5.92 Å². The molecule has 1 aliphatic heterocycles. The number of benzene rings is 1. The molecule has 0 spiro atoms. The van der Waals surface area contributed by atoms with E-state index in [1.165, 1.54) is 19.2 Å². The van der Waals surface area contributed by atoms with E-state index in [1.54, 1.807) is 12.1 Å². The van der Waals surface area contributed by atoms with Gasteiger partial charge in [-0.3, -0.25) is 14.4 Å². The molecule has 1 aliphatic rings. The van der Waals surface area contributed by atoms with E-state index < -0.39 is 35.0 Å². The molecule has 3 rings (SSSR count). The second kappa shape index (κ2) is 6.96. The van der Waals surface area contributed by atoms with Crippen LogP contribution in [0.2, 0.25) is 0 Å². The smallest absolute Gasteiger partial charge is 0.337 e. The molecular formula is C16H13NO7S2. The van der Waals surface area contributed by atoms with Gasteiger partial charge < -0.3 is 19.9 Å². The van der Waals surface area contributed by atoms with Crippen LogP contribution in [0.5, 0.6) is 0 Å². The van der Waals surface area contributed by atoms with Crippen molar-refractivity contribution in [2.45, 2.75) is 16.2 Å². The number of ether oxygens (including phenoxy) is 1. The summed E-state index contributed by atoms with van der Waals surface area (Å²) in [7, 11) is 1.25. The highest BCUT2D eigenvalue weighted by molar-refractivity contribution is 8.00. The minimum absolute atomic E-state index is 0.283. The number of aromatic amines is 1. The largest absolute Gasteiger partial charge is 0.481 e. The number of aliphatic carboxylic acids is 2. The Balaban J connectivity index is 2.14. The number of H-pyrrole nitrogens is 1. The van der Waals surface area contributed by atoms with Gasteiger partial charge in [0.05, 0.1) is 23.6 Å². The first kappa shape index (κ1) is 18.2. The molecule has 10 heteroatoms. The predicted octanol–water partition coefficient (Wildman–Crippen LogP) is 1.61. The predicted molar refractivity (Wildman–Crippen MR) is 93.0 cm³/mol. The van der Waals surface area contributed by atoms with Crippen LogP contribution in [0, 0.1) is 5.92 Å². The van der Waals surface area contributed by atoms with Gasteiger partial charge >= 0.3 is 22.8 Å². The number of aromatic nitrogens is 1. The van der Waals surface area contributed by atoms with Crippen molar-refractivity contribution in [3.8, 4) is 0 Å². The maximum absolute atomic E-state index is 11.9. The zero-order chi connectivity index (χ0) is 19.0. The van der Waals surface area contributed by atoms with Gasteiger partial charge in [0, 0.05) is 10.8 Å². The van der Waals surface area contributed by atoms with E-state index in [4.69, 9.17) is 0 Å². The molecule has 2 aromatic rings. The number of carbonyl (C=O) groups is 3. The molecule has 1 aromatic heterocycles. The molecule has 0 fully saturated rings. The number of esters is 1. The summed E-state index contributed by atoms with van der Waals surface area (Å²) in [4.78, 5) is 49.5. The minimum Gasteiger partial charge on any atom is -0.481 e. The van der Waals surface area contributed by atoms with E-state index >= 15 is 0 Å². The Bertz CT molecular complexity index is 931. The van der Waals surface area contributed by atoms with Gasteiger partial charge in [0.1, 0.15) is 5.25 Å². The number of carboxylic acids is 2. The van der Waals surface area contributed by atoms with Crippen molar-refractivity contribution in [3.63, 3.8) is 0 Å². The number of hydrogen-bond acceptors (Lipinski definition) is 7. The molecule has 8 nitrogen and oxygen atoms in total. The standard InChI is InChI=1S/C16H13NO7S2/c1-24-15(22)7-4-2-6(3-5-7)8-9(13(18)19)11(14(20)21)25-12-10(8)26-16(23)17-12/h2-5,8-9,11H,1H3,(H,17,23)(H,18,19)(H,20,21). The molecule has 0 saturated heterocycles. The average molecular weight is 395 g/mol. The number of rotatable bonds is 4. The summed E-state index contributed by atoms with van der Waals surface area (Å²) in [6.07, 6.45) is 0. The quantitative estimate of drug-likeness (QED) is 0.665. The van der Waals surface area contributed by atoms with Gasteiger partial charge in [0.2, 0.25) is 0 Å². The molecule has 0 saturated carbocycles. The number of carboxylic acid groups (broad SMARTS) is 2. The molecule has 3 unspecified atom stereocenters. The summed E-state index contributed by atoms with van der Waals surface area (Å²) in [5, 5.41) is 18.3. The molecule has 0 radical (unpaired) electrons. The fourth-order valence-corrected chi connectivity index (χ4v) is 5.35. The molecular weight excluding hydrogens is 382 g/mol. The molecule has 1 aromatic carbocycles. The lowest BCUT2D eigenvalue weighted by Gasteiger charge is -2.32. The van der Waals surface area contributed by atoms with Crippen LogP contribution in [0.15, 0.2) is 34.1 Å². The first-order valence-corrected chi connectivity index (χ1v) is 9.06. The minimum atomic E-state index is -1.27. The topological polar surface area (TPSA) is 134 Å². The maximum Gasteiger partial charge on any atom is 0.337 e. The Morgan fingerprint density at radius 1 is 1.12 bits per heavy atom. The van der Waals surface area contributed by atoms with E-state index in [9.17, 15) is 29.4 Å². The lowest BCUT2D eigenvalue weighted by atomic mass is 9.82. The highest BCUT2D eigenvalue weighted by Crippen LogP contribution is 2.49. The van der Waals surface area contributed by atoms with Crippen LogP contribution in [0.3, 0.4) is 0 Å². The lowest BCUT2D eigenvalue weighted by Crippen LogP contribution is -2.39. The summed E-state index contributed by atoms with van der Waals surface area (Å²) >= 11 is 1.70. The molecule has 2 heterocycles. The average Bonchev–Trinajstić information content (AvgIpc) is 2.99. The third-order valence-electron chi connectivity index (χ3n) is 4.07. The Morgan fingerprint density at radius 3 is 2.31 bits per heavy atom. The van der Waals surface area contributed by atoms with E-state index in [0.717, 1.165) is 23.1 Å². The molecule has 26 heavy (non-hydrogen) atoms. The Morgan fingerprint density at radius 2 is 1.77 bits per heavy atom. The molecule has 0 aliphatic carbocycles. The van der Waals surface area contributed by atoms with Crippen LogP contribution in [-0.2, 0) is 14.3 Å². The Hall–Kier alpha value is -2.59. The van der Waals surface area contributed by atoms with Gasteiger partial charge in [0.15, 0.2) is 0 Å². The van der Waals surface area contributed by atoms with E-state index in [1.807, 2.05) is 0 Å². The van der Waals surface area contributed by atoms with Gasteiger partial charge in [-0.25, -0.2) is 4.79 Å². The summed E-state index contributed by atoms with van der Waals surface area (Å²) < 4.78 is 4.63. The monoisotopic (exact) mass is 395 g/mol. The zero-order valence-corrected chi connectivity index (χ0v) is 14.9. The zero-order valence-electron chi connectivity index (χ0n) is 13.3. The second-order valence-corrected chi connectivity index (χ2v) is 7.71. The van der Waals surface area contributed by atoms with Crippen molar-refractivity contribution in [2.75, 3.05) is 7.11 Å². The third-order valence-corrected chi connectivity index (χ3v) is 6.48. The Kier molecular flexibility index (Phi) is 4.88. The maximum atomic E-state index is 11.9. The van der Waals surface area contributed by atoms with Gasteiger partial charge in [-0.05, 0) is 17.7 Å². The van der Waals surface area contributed by atoms with Gasteiger partial charge in [-0.1, -0.05) is 35.2 Å². The number of hydrogen-bond donors (Lipinski definition) is 3. The Labute approximate surface area is 154 Å². The van der Waals surface area contributed by atoms with Crippen LogP contribution in [0.4, 0.5) is 0 Å². The number of thiazole rings is 1. The van der Waals surface area contributed by atoms with Crippen molar-refractivity contribution in [3.05, 3.63) is 49.9 Å². The van der Waals surface area contributed by atoms with E-state index in [-0.39, 0.29) is 10.4 Å². The molecule has 136 valence electrons. The molecule has 0 bridgehead atoms. The SMILES string of the molecule is COC(=O)c1ccc(C2c3sc(=O)[nH]c3SC(C(=O)O)C2C(=O)O)cc1. The fraction of sp³-hybridized carbons (Fsp3) is 0.250. The summed E-state index contributed by atoms with van der Waals surface area (Å²) in [6.45, 7) is 0. The normalized spacial score (nSPS) is 21.7. The van der Waals surface area contributed by atoms with Crippen LogP contribution in [0.25, 0.3) is 0 Å². The lowest BCUT2D eigenvalue weighted by molar-refractivity contribution is -0.148. The number of fused-ring (bicyclic) bond motifs is 1. The molecule has 0 amide bonds. The molecule has 3 N–H and O–H groups in total. The first-order valence-electron chi connectivity index (χ1n) is 7.37. The fourth-order valence-electron chi connectivity index (χ4n) is 2.94. The van der Waals surface area contributed by atoms with Crippen molar-refractivity contribution < 1.29 is 29.3 Å². The van der Waals surface area contributed by atoms with Gasteiger partial charge in [-0.2, -0.15) is 0 Å². The third kappa shape index (κ3) is 3.13. The first-order chi connectivity index (χ1) is 12.3. The van der Waals surface area contributed by atoms with E-state index in [2.05, 4.69) is 9.72 Å². The van der Waals surface area contributed by atoms with E-state index in [0.29, 0.717) is 15.5 Å². The van der Waals surface area contributed by atoms with Crippen molar-refractivity contribution in [1.29, 1.82) is 0 Å². The summed E-state index contributed by atoms with van der Waals surface area (Å²) in [5.74, 6) is -5.16. The van der Waals surface area contributed by atoms with Crippen LogP contribution in [-0.4, -0.2) is 45.5 Å². The van der Waals surface area contributed by atoms with Crippen molar-refractivity contribution in [1.82, 2.24) is 4.98 Å². The summed E-state index contributed by atoms with van der Waals surface area (Å²) in [5.41, 5.74) is 0.790. The highest BCUT2D eigenvalue weighted by Gasteiger charge is 2.47. The van der Waals surface area contributed by atoms with Crippen LogP contribution in [0.1, 0.15) is 26.7 Å². The van der Waals surface area contributed by atoms with Crippen LogP contribution >= 0.6 is 23.1 Å². The summed E-state index contributed by atoms with van der Waals surface area (Å²) in [6, 6.07) is 6.06. The van der Waals surface area contributed by atoms with Crippen LogP contribution < -0.4 is 4.87 Å². The second-order valence-electron chi connectivity index (χ2n) is 5.54.